The summed E-state index contributed by atoms with van der Waals surface area (Å²) in [6, 6.07) is 14.3. The van der Waals surface area contributed by atoms with Crippen molar-refractivity contribution in [2.24, 2.45) is 0 Å². The molecule has 2 N–H and O–H groups in total. The SMILES string of the molecule is C=C(C#N)CNc1c(OC)ccc2ccc(-c3ccnc(C(=O)NC4CCC(N(C)CCOC)CC4)n3)cc12. The Balaban J connectivity index is 1.49. The van der Waals surface area contributed by atoms with Gasteiger partial charge in [0, 0.05) is 55.0 Å². The lowest BCUT2D eigenvalue weighted by Crippen LogP contribution is -2.43. The fourth-order valence-corrected chi connectivity index (χ4v) is 5.00. The molecular formula is C30H36N6O3. The lowest BCUT2D eigenvalue weighted by atomic mass is 9.90. The van der Waals surface area contributed by atoms with Gasteiger partial charge in [0.25, 0.3) is 5.91 Å². The lowest BCUT2D eigenvalue weighted by Gasteiger charge is -2.34. The number of hydrogen-bond donors (Lipinski definition) is 2. The Kier molecular flexibility index (Phi) is 9.47. The molecule has 0 atom stereocenters. The predicted molar refractivity (Wildman–Crippen MR) is 153 cm³/mol. The number of likely N-dealkylation sites (N-methyl/N-ethyl adjacent to an activating group) is 1. The molecule has 1 amide bonds. The standard InChI is InChI=1S/C30H36N6O3/c1-20(18-31)19-33-28-25-17-22(6-5-21(25)7-12-27(28)39-4)26-13-14-32-29(35-26)30(37)34-23-8-10-24(11-9-23)36(2)15-16-38-3/h5-7,12-14,17,23-24,33H,1,8-11,15-16,19H2,2-4H3,(H,34,37). The highest BCUT2D eigenvalue weighted by Crippen LogP contribution is 2.35. The van der Waals surface area contributed by atoms with Gasteiger partial charge in [-0.05, 0) is 56.3 Å². The molecule has 1 aliphatic carbocycles. The number of carbonyl (C=O) groups excluding carboxylic acids is 1. The van der Waals surface area contributed by atoms with Crippen molar-refractivity contribution in [3.63, 3.8) is 0 Å². The number of methoxy groups -OCH3 is 2. The first-order chi connectivity index (χ1) is 18.9. The molecule has 39 heavy (non-hydrogen) atoms. The van der Waals surface area contributed by atoms with E-state index in [1.807, 2.05) is 30.3 Å². The van der Waals surface area contributed by atoms with Crippen molar-refractivity contribution >= 4 is 22.4 Å². The first kappa shape index (κ1) is 28.0. The van der Waals surface area contributed by atoms with Gasteiger partial charge in [-0.2, -0.15) is 5.26 Å². The summed E-state index contributed by atoms with van der Waals surface area (Å²) in [4.78, 5) is 24.3. The number of nitrogens with one attached hydrogen (secondary N) is 2. The van der Waals surface area contributed by atoms with Crippen LogP contribution in [-0.2, 0) is 4.74 Å². The molecule has 1 aliphatic rings. The highest BCUT2D eigenvalue weighted by atomic mass is 16.5. The highest BCUT2D eigenvalue weighted by molar-refractivity contribution is 5.99. The number of nitrogens with zero attached hydrogens (tertiary/aromatic N) is 4. The van der Waals surface area contributed by atoms with E-state index in [0.717, 1.165) is 60.9 Å². The van der Waals surface area contributed by atoms with E-state index in [9.17, 15) is 4.79 Å². The van der Waals surface area contributed by atoms with Crippen LogP contribution in [0.15, 0.2) is 54.7 Å². The number of carbonyl (C=O) groups is 1. The van der Waals surface area contributed by atoms with Crippen LogP contribution in [0.3, 0.4) is 0 Å². The Labute approximate surface area is 229 Å². The number of anilines is 1. The van der Waals surface area contributed by atoms with Gasteiger partial charge in [-0.1, -0.05) is 24.8 Å². The number of rotatable bonds is 11. The van der Waals surface area contributed by atoms with Crippen molar-refractivity contribution in [3.05, 3.63) is 60.6 Å². The number of fused-ring (bicyclic) bond motifs is 1. The second-order valence-corrected chi connectivity index (χ2v) is 9.87. The number of nitriles is 1. The molecule has 0 bridgehead atoms. The second kappa shape index (κ2) is 13.2. The molecule has 204 valence electrons. The molecule has 4 rings (SSSR count). The number of benzene rings is 2. The number of hydrogen-bond acceptors (Lipinski definition) is 8. The van der Waals surface area contributed by atoms with E-state index in [0.29, 0.717) is 29.6 Å². The molecule has 1 saturated carbocycles. The number of amides is 1. The molecule has 3 aromatic rings. The van der Waals surface area contributed by atoms with Crippen molar-refractivity contribution in [1.29, 1.82) is 5.26 Å². The van der Waals surface area contributed by atoms with E-state index < -0.39 is 0 Å². The van der Waals surface area contributed by atoms with E-state index in [-0.39, 0.29) is 17.8 Å². The monoisotopic (exact) mass is 528 g/mol. The Bertz CT molecular complexity index is 1360. The van der Waals surface area contributed by atoms with Crippen molar-refractivity contribution in [2.45, 2.75) is 37.8 Å². The van der Waals surface area contributed by atoms with E-state index in [1.165, 1.54) is 0 Å². The molecule has 2 aromatic carbocycles. The zero-order valence-corrected chi connectivity index (χ0v) is 22.9. The topological polar surface area (TPSA) is 112 Å². The van der Waals surface area contributed by atoms with Crippen LogP contribution in [0.4, 0.5) is 5.69 Å². The molecular weight excluding hydrogens is 492 g/mol. The van der Waals surface area contributed by atoms with Gasteiger partial charge in [-0.25, -0.2) is 9.97 Å². The summed E-state index contributed by atoms with van der Waals surface area (Å²) >= 11 is 0. The summed E-state index contributed by atoms with van der Waals surface area (Å²) < 4.78 is 10.8. The molecule has 0 unspecified atom stereocenters. The van der Waals surface area contributed by atoms with Gasteiger partial charge in [-0.15, -0.1) is 0 Å². The average molecular weight is 529 g/mol. The Morgan fingerprint density at radius 1 is 1.18 bits per heavy atom. The first-order valence-electron chi connectivity index (χ1n) is 13.2. The normalized spacial score (nSPS) is 17.0. The van der Waals surface area contributed by atoms with E-state index >= 15 is 0 Å². The summed E-state index contributed by atoms with van der Waals surface area (Å²) in [6.07, 6.45) is 5.53. The van der Waals surface area contributed by atoms with E-state index in [2.05, 4.69) is 45.2 Å². The zero-order valence-electron chi connectivity index (χ0n) is 22.9. The van der Waals surface area contributed by atoms with E-state index in [1.54, 1.807) is 26.5 Å². The third-order valence-corrected chi connectivity index (χ3v) is 7.30. The van der Waals surface area contributed by atoms with Crippen LogP contribution in [0.25, 0.3) is 22.0 Å². The zero-order chi connectivity index (χ0) is 27.8. The minimum absolute atomic E-state index is 0.113. The highest BCUT2D eigenvalue weighted by Gasteiger charge is 2.26. The molecule has 0 radical (unpaired) electrons. The predicted octanol–water partition coefficient (Wildman–Crippen LogP) is 4.42. The minimum Gasteiger partial charge on any atom is -0.495 e. The van der Waals surface area contributed by atoms with Gasteiger partial charge >= 0.3 is 0 Å². The van der Waals surface area contributed by atoms with Crippen LogP contribution in [0, 0.1) is 11.3 Å². The smallest absolute Gasteiger partial charge is 0.289 e. The minimum atomic E-state index is -0.257. The number of aromatic nitrogens is 2. The van der Waals surface area contributed by atoms with Gasteiger partial charge in [0.1, 0.15) is 5.75 Å². The molecule has 9 nitrogen and oxygen atoms in total. The Morgan fingerprint density at radius 3 is 2.67 bits per heavy atom. The summed E-state index contributed by atoms with van der Waals surface area (Å²) in [5.74, 6) is 0.557. The van der Waals surface area contributed by atoms with Crippen molar-refractivity contribution in [3.8, 4) is 23.1 Å². The summed E-state index contributed by atoms with van der Waals surface area (Å²) in [5, 5.41) is 17.4. The Hall–Kier alpha value is -4.00. The largest absolute Gasteiger partial charge is 0.495 e. The number of ether oxygens (including phenoxy) is 2. The first-order valence-corrected chi connectivity index (χ1v) is 13.2. The molecule has 0 spiro atoms. The maximum atomic E-state index is 13.1. The van der Waals surface area contributed by atoms with Crippen LogP contribution in [0.5, 0.6) is 5.75 Å². The maximum absolute atomic E-state index is 13.1. The molecule has 1 fully saturated rings. The molecule has 1 aromatic heterocycles. The van der Waals surface area contributed by atoms with Gasteiger partial charge in [-0.3, -0.25) is 4.79 Å². The van der Waals surface area contributed by atoms with Crippen molar-refractivity contribution in [2.75, 3.05) is 46.3 Å². The van der Waals surface area contributed by atoms with Crippen LogP contribution in [-0.4, -0.2) is 73.8 Å². The molecule has 0 aliphatic heterocycles. The summed E-state index contributed by atoms with van der Waals surface area (Å²) in [7, 11) is 5.46. The molecule has 0 saturated heterocycles. The summed E-state index contributed by atoms with van der Waals surface area (Å²) in [5.41, 5.74) is 2.68. The van der Waals surface area contributed by atoms with Crippen molar-refractivity contribution in [1.82, 2.24) is 20.2 Å². The Morgan fingerprint density at radius 2 is 1.95 bits per heavy atom. The fourth-order valence-electron chi connectivity index (χ4n) is 5.00. The van der Waals surface area contributed by atoms with Gasteiger partial charge in [0.15, 0.2) is 0 Å². The summed E-state index contributed by atoms with van der Waals surface area (Å²) in [6.45, 7) is 5.69. The van der Waals surface area contributed by atoms with E-state index in [4.69, 9.17) is 14.7 Å². The van der Waals surface area contributed by atoms with Crippen LogP contribution < -0.4 is 15.4 Å². The van der Waals surface area contributed by atoms with Crippen molar-refractivity contribution < 1.29 is 14.3 Å². The fraction of sp³-hybridized carbons (Fsp3) is 0.400. The molecule has 9 heteroatoms. The molecule has 1 heterocycles. The van der Waals surface area contributed by atoms with Crippen LogP contribution in [0.2, 0.25) is 0 Å². The average Bonchev–Trinajstić information content (AvgIpc) is 2.98. The third kappa shape index (κ3) is 6.91. The van der Waals surface area contributed by atoms with Gasteiger partial charge in [0.2, 0.25) is 5.82 Å². The second-order valence-electron chi connectivity index (χ2n) is 9.87. The lowest BCUT2D eigenvalue weighted by molar-refractivity contribution is 0.0886. The quantitative estimate of drug-likeness (QED) is 0.352. The van der Waals surface area contributed by atoms with Crippen LogP contribution >= 0.6 is 0 Å². The maximum Gasteiger partial charge on any atom is 0.289 e. The van der Waals surface area contributed by atoms with Crippen LogP contribution in [0.1, 0.15) is 36.3 Å². The van der Waals surface area contributed by atoms with Gasteiger partial charge < -0.3 is 25.0 Å². The van der Waals surface area contributed by atoms with Gasteiger partial charge in [0.05, 0.1) is 31.2 Å². The third-order valence-electron chi connectivity index (χ3n) is 7.30.